The second-order valence-corrected chi connectivity index (χ2v) is 6.54. The minimum Gasteiger partial charge on any atom is -0.376 e. The van der Waals surface area contributed by atoms with Gasteiger partial charge in [-0.3, -0.25) is 4.79 Å². The predicted molar refractivity (Wildman–Crippen MR) is 90.3 cm³/mol. The van der Waals surface area contributed by atoms with E-state index in [4.69, 9.17) is 16.3 Å². The molecule has 0 radical (unpaired) electrons. The van der Waals surface area contributed by atoms with Gasteiger partial charge < -0.3 is 15.4 Å². The number of anilines is 2. The number of amides is 1. The van der Waals surface area contributed by atoms with E-state index < -0.39 is 0 Å². The zero-order chi connectivity index (χ0) is 16.1. The third kappa shape index (κ3) is 4.89. The van der Waals surface area contributed by atoms with E-state index in [1.165, 1.54) is 11.3 Å². The first kappa shape index (κ1) is 16.2. The van der Waals surface area contributed by atoms with Gasteiger partial charge in [0.05, 0.1) is 23.2 Å². The van der Waals surface area contributed by atoms with Crippen LogP contribution < -0.4 is 10.6 Å². The summed E-state index contributed by atoms with van der Waals surface area (Å²) in [5.41, 5.74) is 0.733. The fourth-order valence-corrected chi connectivity index (χ4v) is 3.09. The van der Waals surface area contributed by atoms with Crippen LogP contribution in [0.2, 0.25) is 5.02 Å². The number of pyridine rings is 1. The van der Waals surface area contributed by atoms with Crippen LogP contribution in [0.1, 0.15) is 18.5 Å². The minimum atomic E-state index is -0.0398. The number of rotatable bonds is 6. The molecular formula is C15H17ClN4O2S. The van der Waals surface area contributed by atoms with Crippen LogP contribution in [0.3, 0.4) is 0 Å². The number of hydrogen-bond acceptors (Lipinski definition) is 6. The molecule has 2 aromatic heterocycles. The number of nitrogens with one attached hydrogen (secondary N) is 2. The lowest BCUT2D eigenvalue weighted by molar-refractivity contribution is -0.121. The maximum absolute atomic E-state index is 11.9. The Morgan fingerprint density at radius 1 is 1.48 bits per heavy atom. The van der Waals surface area contributed by atoms with Crippen molar-refractivity contribution in [3.63, 3.8) is 0 Å². The maximum atomic E-state index is 11.9. The van der Waals surface area contributed by atoms with Crippen LogP contribution in [0.25, 0.3) is 0 Å². The molecule has 0 unspecified atom stereocenters. The normalized spacial score (nSPS) is 17.2. The molecule has 8 heteroatoms. The largest absolute Gasteiger partial charge is 0.376 e. The fourth-order valence-electron chi connectivity index (χ4n) is 2.26. The Kier molecular flexibility index (Phi) is 5.43. The molecule has 0 aromatic carbocycles. The Balaban J connectivity index is 1.48. The van der Waals surface area contributed by atoms with Gasteiger partial charge in [0.1, 0.15) is 5.82 Å². The van der Waals surface area contributed by atoms with Crippen molar-refractivity contribution in [2.75, 3.05) is 18.5 Å². The van der Waals surface area contributed by atoms with E-state index in [1.807, 2.05) is 5.38 Å². The fraction of sp³-hybridized carbons (Fsp3) is 0.400. The Labute approximate surface area is 143 Å². The first-order chi connectivity index (χ1) is 11.2. The Bertz CT molecular complexity index is 656. The number of thiazole rings is 1. The molecule has 0 bridgehead atoms. The van der Waals surface area contributed by atoms with Crippen molar-refractivity contribution in [2.45, 2.75) is 25.4 Å². The molecule has 0 saturated carbocycles. The average Bonchev–Trinajstić information content (AvgIpc) is 3.20. The SMILES string of the molecule is O=C(Cc1csc(Nc2ccc(Cl)cn2)n1)NC[C@@H]1CCCO1. The predicted octanol–water partition coefficient (Wildman–Crippen LogP) is 2.77. The van der Waals surface area contributed by atoms with Crippen molar-refractivity contribution in [2.24, 2.45) is 0 Å². The van der Waals surface area contributed by atoms with Crippen molar-refractivity contribution in [3.8, 4) is 0 Å². The highest BCUT2D eigenvalue weighted by molar-refractivity contribution is 7.13. The Morgan fingerprint density at radius 2 is 2.39 bits per heavy atom. The molecule has 23 heavy (non-hydrogen) atoms. The summed E-state index contributed by atoms with van der Waals surface area (Å²) in [6.07, 6.45) is 4.07. The van der Waals surface area contributed by atoms with Crippen LogP contribution >= 0.6 is 22.9 Å². The molecule has 122 valence electrons. The van der Waals surface area contributed by atoms with E-state index in [0.717, 1.165) is 25.1 Å². The summed E-state index contributed by atoms with van der Waals surface area (Å²) in [5, 5.41) is 9.12. The molecule has 1 amide bonds. The molecule has 2 aromatic rings. The van der Waals surface area contributed by atoms with Gasteiger partial charge in [-0.15, -0.1) is 11.3 Å². The number of carbonyl (C=O) groups excluding carboxylic acids is 1. The highest BCUT2D eigenvalue weighted by atomic mass is 35.5. The van der Waals surface area contributed by atoms with Crippen LogP contribution in [0.15, 0.2) is 23.7 Å². The molecule has 1 aliphatic heterocycles. The van der Waals surface area contributed by atoms with E-state index in [9.17, 15) is 4.79 Å². The summed E-state index contributed by atoms with van der Waals surface area (Å²) in [6, 6.07) is 3.53. The van der Waals surface area contributed by atoms with Crippen LogP contribution in [-0.4, -0.2) is 35.1 Å². The molecule has 1 saturated heterocycles. The molecule has 1 atom stereocenters. The first-order valence-corrected chi connectivity index (χ1v) is 8.66. The molecule has 3 rings (SSSR count). The van der Waals surface area contributed by atoms with Gasteiger partial charge in [-0.25, -0.2) is 9.97 Å². The van der Waals surface area contributed by atoms with Crippen molar-refractivity contribution < 1.29 is 9.53 Å². The van der Waals surface area contributed by atoms with Gasteiger partial charge in [-0.1, -0.05) is 11.6 Å². The lowest BCUT2D eigenvalue weighted by Crippen LogP contribution is -2.32. The zero-order valence-corrected chi connectivity index (χ0v) is 14.0. The van der Waals surface area contributed by atoms with Crippen molar-refractivity contribution in [1.82, 2.24) is 15.3 Å². The van der Waals surface area contributed by atoms with E-state index in [2.05, 4.69) is 20.6 Å². The monoisotopic (exact) mass is 352 g/mol. The Morgan fingerprint density at radius 3 is 3.13 bits per heavy atom. The summed E-state index contributed by atoms with van der Waals surface area (Å²) in [7, 11) is 0. The molecule has 0 spiro atoms. The molecule has 1 aliphatic rings. The third-order valence-corrected chi connectivity index (χ3v) is 4.44. The molecule has 1 fully saturated rings. The minimum absolute atomic E-state index is 0.0398. The highest BCUT2D eigenvalue weighted by Gasteiger charge is 2.16. The van der Waals surface area contributed by atoms with Gasteiger partial charge in [-0.2, -0.15) is 0 Å². The van der Waals surface area contributed by atoms with Gasteiger partial charge in [0.15, 0.2) is 5.13 Å². The summed E-state index contributed by atoms with van der Waals surface area (Å²) >= 11 is 7.23. The number of nitrogens with zero attached hydrogens (tertiary/aromatic N) is 2. The van der Waals surface area contributed by atoms with Crippen LogP contribution in [0.5, 0.6) is 0 Å². The molecule has 3 heterocycles. The highest BCUT2D eigenvalue weighted by Crippen LogP contribution is 2.20. The van der Waals surface area contributed by atoms with Crippen molar-refractivity contribution in [3.05, 3.63) is 34.4 Å². The van der Waals surface area contributed by atoms with Crippen LogP contribution in [0, 0.1) is 0 Å². The van der Waals surface area contributed by atoms with E-state index in [-0.39, 0.29) is 18.4 Å². The van der Waals surface area contributed by atoms with E-state index in [0.29, 0.717) is 22.5 Å². The summed E-state index contributed by atoms with van der Waals surface area (Å²) in [5.74, 6) is 0.625. The summed E-state index contributed by atoms with van der Waals surface area (Å²) in [6.45, 7) is 1.36. The summed E-state index contributed by atoms with van der Waals surface area (Å²) < 4.78 is 5.48. The van der Waals surface area contributed by atoms with Gasteiger partial charge in [-0.05, 0) is 25.0 Å². The second kappa shape index (κ2) is 7.72. The van der Waals surface area contributed by atoms with Crippen molar-refractivity contribution >= 4 is 39.8 Å². The first-order valence-electron chi connectivity index (χ1n) is 7.40. The second-order valence-electron chi connectivity index (χ2n) is 5.25. The lowest BCUT2D eigenvalue weighted by atomic mass is 10.2. The molecule has 0 aliphatic carbocycles. The van der Waals surface area contributed by atoms with E-state index in [1.54, 1.807) is 18.3 Å². The lowest BCUT2D eigenvalue weighted by Gasteiger charge is -2.09. The average molecular weight is 353 g/mol. The smallest absolute Gasteiger partial charge is 0.226 e. The van der Waals surface area contributed by atoms with E-state index >= 15 is 0 Å². The number of aromatic nitrogens is 2. The number of ether oxygens (including phenoxy) is 1. The van der Waals surface area contributed by atoms with Crippen LogP contribution in [0.4, 0.5) is 10.9 Å². The van der Waals surface area contributed by atoms with Crippen LogP contribution in [-0.2, 0) is 16.0 Å². The maximum Gasteiger partial charge on any atom is 0.226 e. The molecular weight excluding hydrogens is 336 g/mol. The number of carbonyl (C=O) groups is 1. The quantitative estimate of drug-likeness (QED) is 0.836. The Hall–Kier alpha value is -1.70. The number of hydrogen-bond donors (Lipinski definition) is 2. The third-order valence-electron chi connectivity index (χ3n) is 3.41. The molecule has 2 N–H and O–H groups in total. The summed E-state index contributed by atoms with van der Waals surface area (Å²) in [4.78, 5) is 20.5. The van der Waals surface area contributed by atoms with Crippen molar-refractivity contribution in [1.29, 1.82) is 0 Å². The molecule has 6 nitrogen and oxygen atoms in total. The zero-order valence-electron chi connectivity index (χ0n) is 12.4. The topological polar surface area (TPSA) is 76.1 Å². The van der Waals surface area contributed by atoms with Gasteiger partial charge >= 0.3 is 0 Å². The van der Waals surface area contributed by atoms with Gasteiger partial charge in [0.25, 0.3) is 0 Å². The number of halogens is 1. The standard InChI is InChI=1S/C15H17ClN4O2S/c16-10-3-4-13(17-7-10)20-15-19-11(9-23-15)6-14(21)18-8-12-2-1-5-22-12/h3-4,7,9,12H,1-2,5-6,8H2,(H,18,21)(H,17,19,20)/t12-/m0/s1. The van der Waals surface area contributed by atoms with Gasteiger partial charge in [0, 0.05) is 24.7 Å². The van der Waals surface area contributed by atoms with Gasteiger partial charge in [0.2, 0.25) is 5.91 Å².